The quantitative estimate of drug-likeness (QED) is 0.734. The Morgan fingerprint density at radius 2 is 1.81 bits per heavy atom. The topological polar surface area (TPSA) is 12.0 Å². The molecule has 1 heterocycles. The summed E-state index contributed by atoms with van der Waals surface area (Å²) in [5.41, 5.74) is 1.44. The predicted molar refractivity (Wildman–Crippen MR) is 72.5 cm³/mol. The lowest BCUT2D eigenvalue weighted by Gasteiger charge is -2.27. The van der Waals surface area contributed by atoms with Crippen LogP contribution in [0.4, 0.5) is 23.2 Å². The Hall–Kier alpha value is -2.04. The lowest BCUT2D eigenvalue weighted by molar-refractivity contribution is -0.140. The third-order valence-corrected chi connectivity index (χ3v) is 3.75. The highest BCUT2D eigenvalue weighted by Gasteiger charge is 2.34. The van der Waals surface area contributed by atoms with Crippen LogP contribution in [0, 0.1) is 5.82 Å². The van der Waals surface area contributed by atoms with Gasteiger partial charge in [-0.1, -0.05) is 24.3 Å². The Balaban J connectivity index is 1.88. The maximum atomic E-state index is 13.6. The van der Waals surface area contributed by atoms with Crippen LogP contribution in [-0.2, 0) is 12.6 Å². The molecule has 0 spiro atoms. The summed E-state index contributed by atoms with van der Waals surface area (Å²) in [5, 5.41) is 3.25. The summed E-state index contributed by atoms with van der Waals surface area (Å²) in [6.45, 7) is 0. The second-order valence-corrected chi connectivity index (χ2v) is 5.13. The molecule has 1 aliphatic rings. The summed E-state index contributed by atoms with van der Waals surface area (Å²) < 4.78 is 51.3. The largest absolute Gasteiger partial charge is 0.419 e. The summed E-state index contributed by atoms with van der Waals surface area (Å²) in [6.07, 6.45) is -3.12. The minimum absolute atomic E-state index is 0.170. The monoisotopic (exact) mass is 295 g/mol. The van der Waals surface area contributed by atoms with Gasteiger partial charge in [0.25, 0.3) is 0 Å². The highest BCUT2D eigenvalue weighted by molar-refractivity contribution is 5.55. The molecule has 0 bridgehead atoms. The van der Waals surface area contributed by atoms with E-state index in [-0.39, 0.29) is 6.04 Å². The van der Waals surface area contributed by atoms with Gasteiger partial charge in [0, 0.05) is 5.69 Å². The van der Waals surface area contributed by atoms with Gasteiger partial charge >= 0.3 is 6.18 Å². The third kappa shape index (κ3) is 2.73. The maximum Gasteiger partial charge on any atom is 0.419 e. The van der Waals surface area contributed by atoms with Crippen molar-refractivity contribution in [2.45, 2.75) is 25.1 Å². The molecular weight excluding hydrogens is 282 g/mol. The molecule has 1 atom stereocenters. The molecule has 0 fully saturated rings. The third-order valence-electron chi connectivity index (χ3n) is 3.75. The summed E-state index contributed by atoms with van der Waals surface area (Å²) in [4.78, 5) is 0. The molecule has 110 valence electrons. The standard InChI is InChI=1S/C16H13F4N/c17-13-9-11(5-7-12(13)16(18,19)20)15-8-6-10-3-1-2-4-14(10)21-15/h1-5,7,9,15,21H,6,8H2. The fourth-order valence-corrected chi connectivity index (χ4v) is 2.67. The van der Waals surface area contributed by atoms with Gasteiger partial charge in [-0.25, -0.2) is 4.39 Å². The first kappa shape index (κ1) is 13.9. The van der Waals surface area contributed by atoms with E-state index in [1.807, 2.05) is 24.3 Å². The summed E-state index contributed by atoms with van der Waals surface area (Å²) in [7, 11) is 0. The second kappa shape index (κ2) is 5.06. The van der Waals surface area contributed by atoms with Crippen molar-refractivity contribution in [3.8, 4) is 0 Å². The molecule has 2 aromatic rings. The second-order valence-electron chi connectivity index (χ2n) is 5.13. The molecule has 0 aromatic heterocycles. The predicted octanol–water partition coefficient (Wildman–Crippen LogP) is 4.94. The average Bonchev–Trinajstić information content (AvgIpc) is 2.45. The molecule has 0 aliphatic carbocycles. The smallest absolute Gasteiger partial charge is 0.378 e. The molecule has 1 nitrogen and oxygen atoms in total. The van der Waals surface area contributed by atoms with Crippen LogP contribution in [0.5, 0.6) is 0 Å². The Morgan fingerprint density at radius 3 is 2.52 bits per heavy atom. The number of halogens is 4. The molecule has 1 N–H and O–H groups in total. The van der Waals surface area contributed by atoms with Gasteiger partial charge in [0.05, 0.1) is 11.6 Å². The van der Waals surface area contributed by atoms with Crippen LogP contribution in [0.3, 0.4) is 0 Å². The van der Waals surface area contributed by atoms with Crippen LogP contribution < -0.4 is 5.32 Å². The highest BCUT2D eigenvalue weighted by atomic mass is 19.4. The van der Waals surface area contributed by atoms with Gasteiger partial charge in [0.2, 0.25) is 0 Å². The van der Waals surface area contributed by atoms with Crippen molar-refractivity contribution in [1.82, 2.24) is 0 Å². The summed E-state index contributed by atoms with van der Waals surface area (Å²) in [6, 6.07) is 10.7. The van der Waals surface area contributed by atoms with Gasteiger partial charge in [-0.05, 0) is 42.2 Å². The molecule has 21 heavy (non-hydrogen) atoms. The molecule has 5 heteroatoms. The first-order valence-corrected chi connectivity index (χ1v) is 6.66. The first-order chi connectivity index (χ1) is 9.95. The van der Waals surface area contributed by atoms with E-state index in [1.165, 1.54) is 11.6 Å². The van der Waals surface area contributed by atoms with Crippen LogP contribution in [0.1, 0.15) is 29.2 Å². The van der Waals surface area contributed by atoms with E-state index in [4.69, 9.17) is 0 Å². The zero-order valence-corrected chi connectivity index (χ0v) is 11.0. The molecule has 3 rings (SSSR count). The number of para-hydroxylation sites is 1. The number of hydrogen-bond acceptors (Lipinski definition) is 1. The van der Waals surface area contributed by atoms with E-state index >= 15 is 0 Å². The SMILES string of the molecule is Fc1cc(C2CCc3ccccc3N2)ccc1C(F)(F)F. The molecule has 1 aliphatic heterocycles. The number of aryl methyl sites for hydroxylation is 1. The summed E-state index contributed by atoms with van der Waals surface area (Å²) >= 11 is 0. The zero-order valence-electron chi connectivity index (χ0n) is 11.0. The highest BCUT2D eigenvalue weighted by Crippen LogP contribution is 2.36. The number of fused-ring (bicyclic) bond motifs is 1. The zero-order chi connectivity index (χ0) is 15.0. The van der Waals surface area contributed by atoms with Crippen LogP contribution in [0.2, 0.25) is 0 Å². The van der Waals surface area contributed by atoms with Gasteiger partial charge in [-0.2, -0.15) is 13.2 Å². The Morgan fingerprint density at radius 1 is 1.05 bits per heavy atom. The van der Waals surface area contributed by atoms with E-state index in [0.717, 1.165) is 30.7 Å². The van der Waals surface area contributed by atoms with E-state index in [2.05, 4.69) is 5.32 Å². The fraction of sp³-hybridized carbons (Fsp3) is 0.250. The first-order valence-electron chi connectivity index (χ1n) is 6.66. The number of benzene rings is 2. The number of nitrogens with one attached hydrogen (secondary N) is 1. The van der Waals surface area contributed by atoms with Crippen LogP contribution in [-0.4, -0.2) is 0 Å². The van der Waals surface area contributed by atoms with E-state index in [9.17, 15) is 17.6 Å². The summed E-state index contributed by atoms with van der Waals surface area (Å²) in [5.74, 6) is -1.22. The normalized spacial score (nSPS) is 18.0. The number of rotatable bonds is 1. The van der Waals surface area contributed by atoms with Gasteiger partial charge in [-0.3, -0.25) is 0 Å². The van der Waals surface area contributed by atoms with Crippen LogP contribution >= 0.6 is 0 Å². The van der Waals surface area contributed by atoms with Crippen molar-refractivity contribution in [1.29, 1.82) is 0 Å². The number of alkyl halides is 3. The molecule has 1 unspecified atom stereocenters. The lowest BCUT2D eigenvalue weighted by atomic mass is 9.93. The number of anilines is 1. The fourth-order valence-electron chi connectivity index (χ4n) is 2.67. The Bertz CT molecular complexity index is 664. The molecule has 0 saturated carbocycles. The Kier molecular flexibility index (Phi) is 3.35. The minimum Gasteiger partial charge on any atom is -0.378 e. The molecule has 0 amide bonds. The molecule has 0 saturated heterocycles. The van der Waals surface area contributed by atoms with E-state index < -0.39 is 17.6 Å². The van der Waals surface area contributed by atoms with Crippen LogP contribution in [0.15, 0.2) is 42.5 Å². The molecule has 2 aromatic carbocycles. The number of hydrogen-bond donors (Lipinski definition) is 1. The lowest BCUT2D eigenvalue weighted by Crippen LogP contribution is -2.18. The minimum atomic E-state index is -4.66. The Labute approximate surface area is 119 Å². The van der Waals surface area contributed by atoms with Gasteiger partial charge < -0.3 is 5.32 Å². The van der Waals surface area contributed by atoms with Crippen molar-refractivity contribution in [3.63, 3.8) is 0 Å². The van der Waals surface area contributed by atoms with Crippen LogP contribution in [0.25, 0.3) is 0 Å². The van der Waals surface area contributed by atoms with E-state index in [1.54, 1.807) is 0 Å². The molecular formula is C16H13F4N. The van der Waals surface area contributed by atoms with Crippen molar-refractivity contribution in [2.24, 2.45) is 0 Å². The van der Waals surface area contributed by atoms with Gasteiger partial charge in [-0.15, -0.1) is 0 Å². The molecule has 0 radical (unpaired) electrons. The average molecular weight is 295 g/mol. The van der Waals surface area contributed by atoms with Crippen molar-refractivity contribution in [2.75, 3.05) is 5.32 Å². The van der Waals surface area contributed by atoms with Crippen molar-refractivity contribution >= 4 is 5.69 Å². The maximum absolute atomic E-state index is 13.6. The van der Waals surface area contributed by atoms with Crippen molar-refractivity contribution < 1.29 is 17.6 Å². The van der Waals surface area contributed by atoms with Crippen molar-refractivity contribution in [3.05, 3.63) is 65.0 Å². The van der Waals surface area contributed by atoms with E-state index in [0.29, 0.717) is 5.56 Å². The van der Waals surface area contributed by atoms with Gasteiger partial charge in [0.1, 0.15) is 5.82 Å². The van der Waals surface area contributed by atoms with Gasteiger partial charge in [0.15, 0.2) is 0 Å².